The van der Waals surface area contributed by atoms with Crippen LogP contribution >= 0.6 is 0 Å². The van der Waals surface area contributed by atoms with Gasteiger partial charge in [-0.15, -0.1) is 0 Å². The van der Waals surface area contributed by atoms with Crippen molar-refractivity contribution < 1.29 is 32.3 Å². The van der Waals surface area contributed by atoms with Gasteiger partial charge in [0.2, 0.25) is 0 Å². The van der Waals surface area contributed by atoms with E-state index in [4.69, 9.17) is 9.15 Å². The lowest BCUT2D eigenvalue weighted by atomic mass is 10.1. The Morgan fingerprint density at radius 2 is 1.64 bits per heavy atom. The summed E-state index contributed by atoms with van der Waals surface area (Å²) in [5, 5.41) is 0. The fourth-order valence-electron chi connectivity index (χ4n) is 3.56. The van der Waals surface area contributed by atoms with Gasteiger partial charge in [0.15, 0.2) is 11.7 Å². The first-order chi connectivity index (χ1) is 16.0. The molecule has 0 unspecified atom stereocenters. The standard InChI is InChI=1S/C24H20F2N2O5/c25-17-8-5-9-18(26)22(17)19-14-27-20(33-19)10-11-21(29)32-13-4-3-12-28-23(30)15-6-1-2-7-16(15)24(28)31/h1-2,5-9,14H,3-4,10-13H2. The van der Waals surface area contributed by atoms with Crippen LogP contribution in [0.2, 0.25) is 0 Å². The fraction of sp³-hybridized carbons (Fsp3) is 0.250. The zero-order valence-corrected chi connectivity index (χ0v) is 17.6. The van der Waals surface area contributed by atoms with Gasteiger partial charge < -0.3 is 9.15 Å². The maximum absolute atomic E-state index is 13.8. The third-order valence-electron chi connectivity index (χ3n) is 5.22. The summed E-state index contributed by atoms with van der Waals surface area (Å²) in [4.78, 5) is 41.7. The number of unbranched alkanes of at least 4 members (excludes halogenated alkanes) is 1. The number of esters is 1. The molecule has 0 saturated carbocycles. The number of benzene rings is 2. The Morgan fingerprint density at radius 3 is 2.30 bits per heavy atom. The number of hydrogen-bond acceptors (Lipinski definition) is 6. The number of aromatic nitrogens is 1. The molecule has 2 amide bonds. The molecule has 9 heteroatoms. The van der Waals surface area contributed by atoms with E-state index in [0.717, 1.165) is 12.1 Å². The van der Waals surface area contributed by atoms with Crippen LogP contribution < -0.4 is 0 Å². The Hall–Kier alpha value is -3.88. The van der Waals surface area contributed by atoms with Crippen molar-refractivity contribution in [3.8, 4) is 11.3 Å². The molecular formula is C24H20F2N2O5. The van der Waals surface area contributed by atoms with Gasteiger partial charge in [0.05, 0.1) is 35.9 Å². The maximum atomic E-state index is 13.8. The van der Waals surface area contributed by atoms with Crippen molar-refractivity contribution in [2.75, 3.05) is 13.2 Å². The highest BCUT2D eigenvalue weighted by molar-refractivity contribution is 6.21. The number of carbonyl (C=O) groups is 3. The van der Waals surface area contributed by atoms with Gasteiger partial charge in [-0.05, 0) is 37.1 Å². The van der Waals surface area contributed by atoms with Crippen LogP contribution in [-0.4, -0.2) is 40.8 Å². The van der Waals surface area contributed by atoms with Crippen LogP contribution in [0.3, 0.4) is 0 Å². The highest BCUT2D eigenvalue weighted by Gasteiger charge is 2.34. The number of nitrogens with zero attached hydrogens (tertiary/aromatic N) is 2. The average Bonchev–Trinajstić information content (AvgIpc) is 3.36. The van der Waals surface area contributed by atoms with Crippen LogP contribution in [0.4, 0.5) is 8.78 Å². The van der Waals surface area contributed by atoms with Gasteiger partial charge in [0.1, 0.15) is 11.6 Å². The van der Waals surface area contributed by atoms with Gasteiger partial charge in [0.25, 0.3) is 11.8 Å². The molecular weight excluding hydrogens is 434 g/mol. The van der Waals surface area contributed by atoms with Gasteiger partial charge in [0, 0.05) is 13.0 Å². The van der Waals surface area contributed by atoms with Crippen molar-refractivity contribution in [1.29, 1.82) is 0 Å². The third kappa shape index (κ3) is 4.82. The van der Waals surface area contributed by atoms with Gasteiger partial charge in [-0.25, -0.2) is 13.8 Å². The minimum atomic E-state index is -0.765. The van der Waals surface area contributed by atoms with E-state index in [1.807, 2.05) is 0 Å². The van der Waals surface area contributed by atoms with E-state index >= 15 is 0 Å². The zero-order chi connectivity index (χ0) is 23.4. The second-order valence-corrected chi connectivity index (χ2v) is 7.45. The van der Waals surface area contributed by atoms with Crippen molar-refractivity contribution in [1.82, 2.24) is 9.88 Å². The molecule has 1 aromatic heterocycles. The average molecular weight is 454 g/mol. The van der Waals surface area contributed by atoms with Crippen molar-refractivity contribution in [3.63, 3.8) is 0 Å². The Bertz CT molecular complexity index is 1150. The summed E-state index contributed by atoms with van der Waals surface area (Å²) in [5.74, 6) is -2.53. The monoisotopic (exact) mass is 454 g/mol. The number of hydrogen-bond donors (Lipinski definition) is 0. The number of rotatable bonds is 9. The van der Waals surface area contributed by atoms with Gasteiger partial charge in [-0.1, -0.05) is 18.2 Å². The van der Waals surface area contributed by atoms with Crippen molar-refractivity contribution in [3.05, 3.63) is 77.3 Å². The smallest absolute Gasteiger partial charge is 0.306 e. The van der Waals surface area contributed by atoms with E-state index in [-0.39, 0.29) is 55.0 Å². The molecule has 1 aliphatic rings. The summed E-state index contributed by atoms with van der Waals surface area (Å²) >= 11 is 0. The van der Waals surface area contributed by atoms with Crippen LogP contribution in [-0.2, 0) is 16.0 Å². The highest BCUT2D eigenvalue weighted by Crippen LogP contribution is 2.27. The van der Waals surface area contributed by atoms with E-state index in [1.165, 1.54) is 17.2 Å². The van der Waals surface area contributed by atoms with Gasteiger partial charge in [-0.3, -0.25) is 19.3 Å². The molecule has 0 atom stereocenters. The molecule has 170 valence electrons. The molecule has 2 aromatic carbocycles. The second kappa shape index (κ2) is 9.72. The normalized spacial score (nSPS) is 12.8. The van der Waals surface area contributed by atoms with Crippen LogP contribution in [0.1, 0.15) is 45.9 Å². The van der Waals surface area contributed by atoms with Crippen molar-refractivity contribution in [2.45, 2.75) is 25.7 Å². The quantitative estimate of drug-likeness (QED) is 0.274. The number of aryl methyl sites for hydroxylation is 1. The zero-order valence-electron chi connectivity index (χ0n) is 17.6. The Kier molecular flexibility index (Phi) is 6.58. The first-order valence-corrected chi connectivity index (χ1v) is 10.5. The summed E-state index contributed by atoms with van der Waals surface area (Å²) in [6.07, 6.45) is 2.29. The molecule has 7 nitrogen and oxygen atoms in total. The lowest BCUT2D eigenvalue weighted by Gasteiger charge is -2.13. The van der Waals surface area contributed by atoms with E-state index < -0.39 is 17.6 Å². The lowest BCUT2D eigenvalue weighted by molar-refractivity contribution is -0.143. The highest BCUT2D eigenvalue weighted by atomic mass is 19.1. The van der Waals surface area contributed by atoms with E-state index in [1.54, 1.807) is 24.3 Å². The molecule has 1 aliphatic heterocycles. The predicted octanol–water partition coefficient (Wildman–Crippen LogP) is 4.17. The van der Waals surface area contributed by atoms with E-state index in [2.05, 4.69) is 4.98 Å². The number of imide groups is 1. The Labute approximate surface area is 188 Å². The van der Waals surface area contributed by atoms with E-state index in [0.29, 0.717) is 24.0 Å². The molecule has 2 heterocycles. The molecule has 0 radical (unpaired) electrons. The molecule has 33 heavy (non-hydrogen) atoms. The molecule has 3 aromatic rings. The molecule has 0 saturated heterocycles. The summed E-state index contributed by atoms with van der Waals surface area (Å²) in [5.41, 5.74) is 0.500. The lowest BCUT2D eigenvalue weighted by Crippen LogP contribution is -2.30. The third-order valence-corrected chi connectivity index (χ3v) is 5.22. The number of oxazole rings is 1. The summed E-state index contributed by atoms with van der Waals surface area (Å²) in [7, 11) is 0. The van der Waals surface area contributed by atoms with Crippen LogP contribution in [0.25, 0.3) is 11.3 Å². The number of amides is 2. The number of fused-ring (bicyclic) bond motifs is 1. The van der Waals surface area contributed by atoms with Crippen LogP contribution in [0.15, 0.2) is 53.1 Å². The summed E-state index contributed by atoms with van der Waals surface area (Å²) in [6, 6.07) is 10.2. The number of ether oxygens (including phenoxy) is 1. The first kappa shape index (κ1) is 22.3. The minimum Gasteiger partial charge on any atom is -0.466 e. The van der Waals surface area contributed by atoms with Gasteiger partial charge >= 0.3 is 5.97 Å². The fourth-order valence-corrected chi connectivity index (χ4v) is 3.56. The summed E-state index contributed by atoms with van der Waals surface area (Å²) < 4.78 is 38.2. The SMILES string of the molecule is O=C(CCc1ncc(-c2c(F)cccc2F)o1)OCCCCN1C(=O)c2ccccc2C1=O. The first-order valence-electron chi connectivity index (χ1n) is 10.5. The molecule has 4 rings (SSSR count). The molecule has 0 N–H and O–H groups in total. The molecule has 0 fully saturated rings. The minimum absolute atomic E-state index is 0.0158. The van der Waals surface area contributed by atoms with Crippen molar-refractivity contribution in [2.24, 2.45) is 0 Å². The molecule has 0 spiro atoms. The summed E-state index contributed by atoms with van der Waals surface area (Å²) in [6.45, 7) is 0.384. The van der Waals surface area contributed by atoms with Crippen LogP contribution in [0, 0.1) is 11.6 Å². The predicted molar refractivity (Wildman–Crippen MR) is 112 cm³/mol. The number of carbonyl (C=O) groups excluding carboxylic acids is 3. The maximum Gasteiger partial charge on any atom is 0.306 e. The molecule has 0 bridgehead atoms. The topological polar surface area (TPSA) is 89.7 Å². The van der Waals surface area contributed by atoms with Crippen molar-refractivity contribution >= 4 is 17.8 Å². The van der Waals surface area contributed by atoms with E-state index in [9.17, 15) is 23.2 Å². The largest absolute Gasteiger partial charge is 0.466 e. The molecule has 0 aliphatic carbocycles. The van der Waals surface area contributed by atoms with Crippen LogP contribution in [0.5, 0.6) is 0 Å². The van der Waals surface area contributed by atoms with Gasteiger partial charge in [-0.2, -0.15) is 0 Å². The Balaban J connectivity index is 1.17. The Morgan fingerprint density at radius 1 is 0.970 bits per heavy atom. The number of halogens is 2. The second-order valence-electron chi connectivity index (χ2n) is 7.45.